The predicted octanol–water partition coefficient (Wildman–Crippen LogP) is 4.72. The van der Waals surface area contributed by atoms with Crippen LogP contribution in [0.5, 0.6) is 0 Å². The average molecular weight is 544 g/mol. The number of nitrogens with one attached hydrogen (secondary N) is 2. The van der Waals surface area contributed by atoms with Crippen molar-refractivity contribution in [1.29, 1.82) is 0 Å². The molecule has 5 rings (SSSR count). The quantitative estimate of drug-likeness (QED) is 0.350. The fourth-order valence-corrected chi connectivity index (χ4v) is 6.97. The van der Waals surface area contributed by atoms with Crippen molar-refractivity contribution < 1.29 is 9.67 Å². The number of fused-ring (bicyclic) bond motifs is 1. The van der Waals surface area contributed by atoms with Crippen LogP contribution >= 0.6 is 18.7 Å². The number of nitrogens with zero attached hydrogens (tertiary/aromatic N) is 5. The molecule has 9 nitrogen and oxygen atoms in total. The second-order valence-corrected chi connectivity index (χ2v) is 15.0. The molecule has 11 heteroatoms. The van der Waals surface area contributed by atoms with Crippen molar-refractivity contribution in [3.8, 4) is 0 Å². The number of anilines is 4. The molecule has 0 amide bonds. The molecule has 2 unspecified atom stereocenters. The van der Waals surface area contributed by atoms with E-state index in [2.05, 4.69) is 30.6 Å². The average Bonchev–Trinajstić information content (AvgIpc) is 3.50. The molecule has 3 aromatic rings. The highest BCUT2D eigenvalue weighted by Gasteiger charge is 2.42. The van der Waals surface area contributed by atoms with Gasteiger partial charge in [-0.15, -0.1) is 0 Å². The molecule has 1 aliphatic heterocycles. The Morgan fingerprint density at radius 3 is 2.51 bits per heavy atom. The third kappa shape index (κ3) is 6.17. The number of aliphatic hydroxyl groups is 1. The predicted molar refractivity (Wildman–Crippen MR) is 149 cm³/mol. The largest absolute Gasteiger partial charge is 0.389 e. The van der Waals surface area contributed by atoms with Gasteiger partial charge in [-0.2, -0.15) is 10.1 Å². The summed E-state index contributed by atoms with van der Waals surface area (Å²) in [6.45, 7) is 10.0. The number of aromatic nitrogens is 4. The molecule has 0 radical (unpaired) electrons. The highest BCUT2D eigenvalue weighted by atomic mass is 35.5. The Morgan fingerprint density at radius 2 is 1.84 bits per heavy atom. The Bertz CT molecular complexity index is 1300. The van der Waals surface area contributed by atoms with Crippen molar-refractivity contribution in [2.24, 2.45) is 11.8 Å². The van der Waals surface area contributed by atoms with Crippen LogP contribution in [0, 0.1) is 11.8 Å². The van der Waals surface area contributed by atoms with Crippen LogP contribution in [0.3, 0.4) is 0 Å². The van der Waals surface area contributed by atoms with E-state index in [9.17, 15) is 9.67 Å². The molecular weight excluding hydrogens is 509 g/mol. The van der Waals surface area contributed by atoms with Gasteiger partial charge in [0.25, 0.3) is 0 Å². The molecule has 2 aliphatic rings. The Labute approximate surface area is 223 Å². The standard InChI is InChI=1S/C26H35ClN7O2P/c1-26(2,35)16-33-13-17-9-20(10-18(17)14-33)34-15-19(11-29-34)30-25-28-12-21(27)24(32-25)31-22-7-5-6-8-23(22)37(3,4)36/h5-8,11-12,15,17-18,20,35H,9-10,13-14,16H2,1-4H3,(H2,28,30,31,32). The van der Waals surface area contributed by atoms with E-state index in [-0.39, 0.29) is 0 Å². The number of benzene rings is 1. The Morgan fingerprint density at radius 1 is 1.14 bits per heavy atom. The van der Waals surface area contributed by atoms with E-state index < -0.39 is 12.7 Å². The van der Waals surface area contributed by atoms with Crippen molar-refractivity contribution in [3.63, 3.8) is 0 Å². The molecular formula is C26H35ClN7O2P. The van der Waals surface area contributed by atoms with Gasteiger partial charge in [0, 0.05) is 31.1 Å². The third-order valence-electron chi connectivity index (χ3n) is 7.13. The first-order chi connectivity index (χ1) is 17.4. The summed E-state index contributed by atoms with van der Waals surface area (Å²) in [4.78, 5) is 11.3. The van der Waals surface area contributed by atoms with Crippen LogP contribution in [0.4, 0.5) is 23.1 Å². The molecule has 1 aromatic carbocycles. The maximum Gasteiger partial charge on any atom is 0.229 e. The first kappa shape index (κ1) is 26.2. The normalized spacial score (nSPS) is 22.3. The Kier molecular flexibility index (Phi) is 7.09. The minimum atomic E-state index is -2.49. The lowest BCUT2D eigenvalue weighted by Crippen LogP contribution is -2.37. The van der Waals surface area contributed by atoms with Gasteiger partial charge in [0.05, 0.1) is 35.4 Å². The van der Waals surface area contributed by atoms with Gasteiger partial charge >= 0.3 is 0 Å². The first-order valence-electron chi connectivity index (χ1n) is 12.6. The second kappa shape index (κ2) is 10.0. The van der Waals surface area contributed by atoms with Gasteiger partial charge in [0.15, 0.2) is 5.82 Å². The van der Waals surface area contributed by atoms with Gasteiger partial charge in [0.1, 0.15) is 12.2 Å². The minimum Gasteiger partial charge on any atom is -0.389 e. The Hall–Kier alpha value is -2.45. The van der Waals surface area contributed by atoms with E-state index >= 15 is 0 Å². The van der Waals surface area contributed by atoms with Crippen molar-refractivity contribution >= 4 is 47.2 Å². The SMILES string of the molecule is CC(C)(O)CN1CC2CC(n3cc(Nc4ncc(Cl)c(Nc5ccccc5P(C)(C)=O)n4)cn3)CC2C1. The molecule has 2 fully saturated rings. The third-order valence-corrected chi connectivity index (χ3v) is 8.95. The number of rotatable bonds is 8. The van der Waals surface area contributed by atoms with Crippen LogP contribution in [0.1, 0.15) is 32.7 Å². The molecule has 37 heavy (non-hydrogen) atoms. The topological polar surface area (TPSA) is 108 Å². The lowest BCUT2D eigenvalue weighted by Gasteiger charge is -2.26. The molecule has 2 aromatic heterocycles. The Balaban J connectivity index is 1.24. The van der Waals surface area contributed by atoms with Gasteiger partial charge in [-0.3, -0.25) is 9.58 Å². The highest BCUT2D eigenvalue weighted by molar-refractivity contribution is 7.70. The fourth-order valence-electron chi connectivity index (χ4n) is 5.68. The van der Waals surface area contributed by atoms with Crippen molar-refractivity contribution in [2.75, 3.05) is 43.6 Å². The van der Waals surface area contributed by atoms with Crippen LogP contribution < -0.4 is 15.9 Å². The van der Waals surface area contributed by atoms with Gasteiger partial charge < -0.3 is 20.3 Å². The summed E-state index contributed by atoms with van der Waals surface area (Å²) >= 11 is 6.38. The lowest BCUT2D eigenvalue weighted by molar-refractivity contribution is 0.0410. The zero-order valence-corrected chi connectivity index (χ0v) is 23.4. The summed E-state index contributed by atoms with van der Waals surface area (Å²) in [5, 5.41) is 22.3. The fraction of sp³-hybridized carbons (Fsp3) is 0.500. The number of hydrogen-bond donors (Lipinski definition) is 3. The molecule has 1 aliphatic carbocycles. The van der Waals surface area contributed by atoms with Crippen LogP contribution in [-0.2, 0) is 4.57 Å². The number of para-hydroxylation sites is 1. The summed E-state index contributed by atoms with van der Waals surface area (Å²) in [7, 11) is -2.49. The molecule has 1 saturated carbocycles. The second-order valence-electron chi connectivity index (χ2n) is 11.4. The molecule has 2 atom stereocenters. The maximum absolute atomic E-state index is 12.7. The minimum absolute atomic E-state index is 0.369. The number of likely N-dealkylation sites (tertiary alicyclic amines) is 1. The lowest BCUT2D eigenvalue weighted by atomic mass is 10.0. The number of β-amino-alcohol motifs (C(OH)–C–C–N with tert-alkyl or cyclic N) is 1. The van der Waals surface area contributed by atoms with Crippen LogP contribution in [0.2, 0.25) is 5.02 Å². The molecule has 0 spiro atoms. The summed E-state index contributed by atoms with van der Waals surface area (Å²) in [6, 6.07) is 7.84. The van der Waals surface area contributed by atoms with E-state index in [4.69, 9.17) is 11.6 Å². The smallest absolute Gasteiger partial charge is 0.229 e. The summed E-state index contributed by atoms with van der Waals surface area (Å²) in [6.07, 6.45) is 7.53. The van der Waals surface area contributed by atoms with E-state index in [1.165, 1.54) is 0 Å². The van der Waals surface area contributed by atoms with Gasteiger partial charge in [0.2, 0.25) is 5.95 Å². The van der Waals surface area contributed by atoms with Crippen LogP contribution in [-0.4, -0.2) is 68.3 Å². The van der Waals surface area contributed by atoms with Crippen molar-refractivity contribution in [3.05, 3.63) is 47.9 Å². The summed E-state index contributed by atoms with van der Waals surface area (Å²) < 4.78 is 14.8. The molecule has 3 heterocycles. The van der Waals surface area contributed by atoms with Gasteiger partial charge in [-0.05, 0) is 64.0 Å². The monoisotopic (exact) mass is 543 g/mol. The van der Waals surface area contributed by atoms with Gasteiger partial charge in [-0.1, -0.05) is 23.7 Å². The molecule has 1 saturated heterocycles. The van der Waals surface area contributed by atoms with E-state index in [0.29, 0.717) is 40.4 Å². The van der Waals surface area contributed by atoms with Crippen LogP contribution in [0.15, 0.2) is 42.9 Å². The van der Waals surface area contributed by atoms with E-state index in [1.54, 1.807) is 25.7 Å². The van der Waals surface area contributed by atoms with Crippen molar-refractivity contribution in [1.82, 2.24) is 24.6 Å². The molecule has 198 valence electrons. The number of hydrogen-bond acceptors (Lipinski definition) is 8. The van der Waals surface area contributed by atoms with E-state index in [0.717, 1.165) is 43.5 Å². The highest BCUT2D eigenvalue weighted by Crippen LogP contribution is 2.44. The van der Waals surface area contributed by atoms with Crippen molar-refractivity contribution in [2.45, 2.75) is 38.3 Å². The molecule has 3 N–H and O–H groups in total. The van der Waals surface area contributed by atoms with Gasteiger partial charge in [-0.25, -0.2) is 4.98 Å². The summed E-state index contributed by atoms with van der Waals surface area (Å²) in [5.74, 6) is 2.12. The van der Waals surface area contributed by atoms with Crippen LogP contribution in [0.25, 0.3) is 0 Å². The zero-order valence-electron chi connectivity index (χ0n) is 21.7. The molecule has 0 bridgehead atoms. The first-order valence-corrected chi connectivity index (χ1v) is 15.6. The zero-order chi connectivity index (χ0) is 26.4. The summed E-state index contributed by atoms with van der Waals surface area (Å²) in [5.41, 5.74) is 0.862. The maximum atomic E-state index is 12.7. The van der Waals surface area contributed by atoms with E-state index in [1.807, 2.05) is 49.0 Å². The number of halogens is 1.